The summed E-state index contributed by atoms with van der Waals surface area (Å²) in [5.74, 6) is 1.96. The van der Waals surface area contributed by atoms with Gasteiger partial charge in [-0.2, -0.15) is 0 Å². The van der Waals surface area contributed by atoms with Gasteiger partial charge in [-0.3, -0.25) is 4.99 Å². The Hall–Kier alpha value is -2.35. The molecule has 1 aliphatic rings. The van der Waals surface area contributed by atoms with Crippen LogP contribution in [0.15, 0.2) is 65.9 Å². The lowest BCUT2D eigenvalue weighted by Crippen LogP contribution is -2.40. The molecule has 0 radical (unpaired) electrons. The molecule has 2 heterocycles. The van der Waals surface area contributed by atoms with E-state index < -0.39 is 0 Å². The summed E-state index contributed by atoms with van der Waals surface area (Å²) in [6.45, 7) is 4.60. The molecule has 1 aromatic heterocycles. The molecule has 2 aromatic carbocycles. The van der Waals surface area contributed by atoms with Crippen molar-refractivity contribution >= 4 is 35.6 Å². The van der Waals surface area contributed by atoms with Crippen molar-refractivity contribution in [2.24, 2.45) is 4.99 Å². The van der Waals surface area contributed by atoms with Crippen molar-refractivity contribution in [2.45, 2.75) is 26.4 Å². The predicted octanol–water partition coefficient (Wildman–Crippen LogP) is 4.00. The summed E-state index contributed by atoms with van der Waals surface area (Å²) in [5, 5.41) is 3.52. The fourth-order valence-corrected chi connectivity index (χ4v) is 3.64. The monoisotopic (exact) mass is 487 g/mol. The largest absolute Gasteiger partial charge is 0.352 e. The minimum atomic E-state index is 0. The number of anilines is 1. The molecule has 0 bridgehead atoms. The molecule has 146 valence electrons. The van der Waals surface area contributed by atoms with Gasteiger partial charge in [0.15, 0.2) is 5.96 Å². The molecule has 0 saturated heterocycles. The smallest absolute Gasteiger partial charge is 0.198 e. The van der Waals surface area contributed by atoms with E-state index in [2.05, 4.69) is 73.3 Å². The summed E-state index contributed by atoms with van der Waals surface area (Å²) in [5.41, 5.74) is 5.17. The molecule has 0 amide bonds. The van der Waals surface area contributed by atoms with Crippen LogP contribution in [0.3, 0.4) is 0 Å². The predicted molar refractivity (Wildman–Crippen MR) is 126 cm³/mol. The third-order valence-electron chi connectivity index (χ3n) is 5.07. The molecular weight excluding hydrogens is 461 g/mol. The Morgan fingerprint density at radius 1 is 1.14 bits per heavy atom. The van der Waals surface area contributed by atoms with Gasteiger partial charge in [0.05, 0.1) is 0 Å². The van der Waals surface area contributed by atoms with Crippen LogP contribution in [0.4, 0.5) is 5.69 Å². The average Bonchev–Trinajstić information content (AvgIpc) is 3.30. The van der Waals surface area contributed by atoms with E-state index in [-0.39, 0.29) is 24.0 Å². The van der Waals surface area contributed by atoms with E-state index in [4.69, 9.17) is 0 Å². The number of aliphatic imine (C=N–C) groups is 1. The number of rotatable bonds is 4. The number of imidazole rings is 1. The van der Waals surface area contributed by atoms with E-state index in [9.17, 15) is 0 Å². The van der Waals surface area contributed by atoms with Gasteiger partial charge in [0, 0.05) is 44.8 Å². The highest BCUT2D eigenvalue weighted by Crippen LogP contribution is 2.27. The van der Waals surface area contributed by atoms with Crippen LogP contribution in [-0.2, 0) is 19.5 Å². The quantitative estimate of drug-likeness (QED) is 0.344. The first-order valence-electron chi connectivity index (χ1n) is 9.36. The maximum Gasteiger partial charge on any atom is 0.198 e. The summed E-state index contributed by atoms with van der Waals surface area (Å²) in [7, 11) is 1.85. The van der Waals surface area contributed by atoms with E-state index in [1.54, 1.807) is 0 Å². The number of fused-ring (bicyclic) bond motifs is 1. The summed E-state index contributed by atoms with van der Waals surface area (Å²) >= 11 is 0. The second-order valence-corrected chi connectivity index (χ2v) is 6.85. The maximum atomic E-state index is 4.50. The van der Waals surface area contributed by atoms with Crippen LogP contribution >= 0.6 is 24.0 Å². The highest BCUT2D eigenvalue weighted by molar-refractivity contribution is 14.0. The molecule has 0 atom stereocenters. The molecule has 3 aromatic rings. The fraction of sp³-hybridized carbons (Fsp3) is 0.273. The zero-order valence-corrected chi connectivity index (χ0v) is 18.6. The number of nitrogens with one attached hydrogen (secondary N) is 1. The summed E-state index contributed by atoms with van der Waals surface area (Å²) in [6.07, 6.45) is 4.93. The van der Waals surface area contributed by atoms with E-state index in [0.717, 1.165) is 37.8 Å². The minimum Gasteiger partial charge on any atom is -0.352 e. The second kappa shape index (κ2) is 9.23. The Kier molecular flexibility index (Phi) is 6.72. The SMILES string of the molecule is CN=C(NCc1cccc(Cn2ccnc2C)c1)N1CCc2ccccc21.I. The third kappa shape index (κ3) is 4.38. The lowest BCUT2D eigenvalue weighted by molar-refractivity contribution is 0.759. The van der Waals surface area contributed by atoms with Crippen LogP contribution in [0.1, 0.15) is 22.5 Å². The Labute approximate surface area is 183 Å². The molecule has 0 unspecified atom stereocenters. The van der Waals surface area contributed by atoms with Crippen molar-refractivity contribution in [3.8, 4) is 0 Å². The van der Waals surface area contributed by atoms with Crippen molar-refractivity contribution < 1.29 is 0 Å². The van der Waals surface area contributed by atoms with Crippen LogP contribution in [0.5, 0.6) is 0 Å². The number of halogens is 1. The summed E-state index contributed by atoms with van der Waals surface area (Å²) < 4.78 is 2.16. The van der Waals surface area contributed by atoms with Crippen LogP contribution in [0.2, 0.25) is 0 Å². The van der Waals surface area contributed by atoms with Gasteiger partial charge >= 0.3 is 0 Å². The normalized spacial score (nSPS) is 13.2. The Bertz CT molecular complexity index is 963. The van der Waals surface area contributed by atoms with E-state index in [0.29, 0.717) is 0 Å². The van der Waals surface area contributed by atoms with Gasteiger partial charge in [0.2, 0.25) is 0 Å². The topological polar surface area (TPSA) is 45.5 Å². The number of hydrogen-bond donors (Lipinski definition) is 1. The Morgan fingerprint density at radius 3 is 2.75 bits per heavy atom. The summed E-state index contributed by atoms with van der Waals surface area (Å²) in [4.78, 5) is 11.1. The highest BCUT2D eigenvalue weighted by atomic mass is 127. The van der Waals surface area contributed by atoms with Gasteiger partial charge in [-0.05, 0) is 36.1 Å². The van der Waals surface area contributed by atoms with Crippen molar-refractivity contribution in [1.29, 1.82) is 0 Å². The van der Waals surface area contributed by atoms with Gasteiger partial charge in [-0.25, -0.2) is 4.98 Å². The van der Waals surface area contributed by atoms with E-state index >= 15 is 0 Å². The molecule has 0 aliphatic carbocycles. The number of benzene rings is 2. The molecule has 0 spiro atoms. The number of hydrogen-bond acceptors (Lipinski definition) is 2. The molecule has 0 saturated carbocycles. The first-order valence-corrected chi connectivity index (χ1v) is 9.36. The van der Waals surface area contributed by atoms with Gasteiger partial charge in [0.1, 0.15) is 5.82 Å². The zero-order chi connectivity index (χ0) is 18.6. The third-order valence-corrected chi connectivity index (χ3v) is 5.07. The first kappa shape index (κ1) is 20.4. The van der Waals surface area contributed by atoms with Gasteiger partial charge < -0.3 is 14.8 Å². The van der Waals surface area contributed by atoms with E-state index in [1.165, 1.54) is 22.4 Å². The maximum absolute atomic E-state index is 4.50. The molecule has 28 heavy (non-hydrogen) atoms. The fourth-order valence-electron chi connectivity index (χ4n) is 3.64. The number of aryl methyl sites for hydroxylation is 1. The minimum absolute atomic E-state index is 0. The van der Waals surface area contributed by atoms with Gasteiger partial charge in [0.25, 0.3) is 0 Å². The molecule has 1 N–H and O–H groups in total. The van der Waals surface area contributed by atoms with Crippen molar-refractivity contribution in [1.82, 2.24) is 14.9 Å². The lowest BCUT2D eigenvalue weighted by atomic mass is 10.1. The molecule has 1 aliphatic heterocycles. The summed E-state index contributed by atoms with van der Waals surface area (Å²) in [6, 6.07) is 17.2. The Balaban J connectivity index is 0.00000225. The Morgan fingerprint density at radius 2 is 1.96 bits per heavy atom. The van der Waals surface area contributed by atoms with Gasteiger partial charge in [-0.1, -0.05) is 42.5 Å². The van der Waals surface area contributed by atoms with Crippen LogP contribution in [-0.4, -0.2) is 29.1 Å². The van der Waals surface area contributed by atoms with Crippen molar-refractivity contribution in [3.63, 3.8) is 0 Å². The van der Waals surface area contributed by atoms with Crippen molar-refractivity contribution in [2.75, 3.05) is 18.5 Å². The molecule has 5 nitrogen and oxygen atoms in total. The molecule has 4 rings (SSSR count). The molecular formula is C22H26IN5. The second-order valence-electron chi connectivity index (χ2n) is 6.85. The first-order chi connectivity index (χ1) is 13.2. The zero-order valence-electron chi connectivity index (χ0n) is 16.3. The van der Waals surface area contributed by atoms with Crippen LogP contribution < -0.4 is 10.2 Å². The van der Waals surface area contributed by atoms with Gasteiger partial charge in [-0.15, -0.1) is 24.0 Å². The van der Waals surface area contributed by atoms with Crippen molar-refractivity contribution in [3.05, 3.63) is 83.4 Å². The number of nitrogens with zero attached hydrogens (tertiary/aromatic N) is 4. The number of aromatic nitrogens is 2. The average molecular weight is 487 g/mol. The van der Waals surface area contributed by atoms with Crippen LogP contribution in [0.25, 0.3) is 0 Å². The number of para-hydroxylation sites is 1. The molecule has 6 heteroatoms. The lowest BCUT2D eigenvalue weighted by Gasteiger charge is -2.22. The highest BCUT2D eigenvalue weighted by Gasteiger charge is 2.22. The standard InChI is InChI=1S/C22H25N5.HI/c1-17-24-11-13-26(17)16-19-7-5-6-18(14-19)15-25-22(23-2)27-12-10-20-8-3-4-9-21(20)27;/h3-9,11,13-14H,10,12,15-16H2,1-2H3,(H,23,25);1H. The number of guanidine groups is 1. The molecule has 0 fully saturated rings. The van der Waals surface area contributed by atoms with E-state index in [1.807, 2.05) is 26.4 Å². The van der Waals surface area contributed by atoms with Crippen LogP contribution in [0, 0.1) is 6.92 Å².